The van der Waals surface area contributed by atoms with Crippen molar-refractivity contribution in [1.82, 2.24) is 4.90 Å². The topological polar surface area (TPSA) is 52.2 Å². The molecule has 0 spiro atoms. The number of ether oxygens (including phenoxy) is 4. The fourth-order valence-corrected chi connectivity index (χ4v) is 3.69. The summed E-state index contributed by atoms with van der Waals surface area (Å²) in [7, 11) is 6.60. The van der Waals surface area contributed by atoms with Crippen LogP contribution in [0.5, 0.6) is 23.0 Å². The predicted molar refractivity (Wildman–Crippen MR) is 136 cm³/mol. The number of hydrogen-bond donors (Lipinski definition) is 1. The molecular weight excluding hydrogens is 436 g/mol. The average Bonchev–Trinajstić information content (AvgIpc) is 2.84. The van der Waals surface area contributed by atoms with Crippen LogP contribution in [0.15, 0.2) is 60.7 Å². The Morgan fingerprint density at radius 3 is 2.06 bits per heavy atom. The van der Waals surface area contributed by atoms with E-state index < -0.39 is 0 Å². The third-order valence-electron chi connectivity index (χ3n) is 5.27. The van der Waals surface area contributed by atoms with Gasteiger partial charge < -0.3 is 29.2 Å². The van der Waals surface area contributed by atoms with E-state index in [4.69, 9.17) is 31.2 Å². The van der Waals surface area contributed by atoms with Gasteiger partial charge in [0.2, 0.25) is 0 Å². The smallest absolute Gasteiger partial charge is 0.174 e. The normalized spacial score (nSPS) is 10.3. The Hall–Kier alpha value is -3.45. The first kappa shape index (κ1) is 24.2. The third kappa shape index (κ3) is 6.29. The minimum Gasteiger partial charge on any atom is -0.497 e. The van der Waals surface area contributed by atoms with Crippen molar-refractivity contribution in [3.05, 3.63) is 77.4 Å². The molecule has 1 N–H and O–H groups in total. The molecule has 0 aromatic heterocycles. The molecule has 3 rings (SSSR count). The van der Waals surface area contributed by atoms with Crippen LogP contribution in [0.4, 0.5) is 5.69 Å². The van der Waals surface area contributed by atoms with Crippen molar-refractivity contribution in [2.45, 2.75) is 20.0 Å². The Balaban J connectivity index is 1.90. The van der Waals surface area contributed by atoms with Crippen LogP contribution in [-0.4, -0.2) is 38.5 Å². The summed E-state index contributed by atoms with van der Waals surface area (Å²) in [5, 5.41) is 3.94. The molecule has 0 aliphatic heterocycles. The van der Waals surface area contributed by atoms with Crippen molar-refractivity contribution in [2.24, 2.45) is 0 Å². The number of nitrogens with zero attached hydrogens (tertiary/aromatic N) is 1. The number of thiocarbonyl (C=S) groups is 1. The zero-order valence-electron chi connectivity index (χ0n) is 19.7. The summed E-state index contributed by atoms with van der Waals surface area (Å²) in [4.78, 5) is 2.09. The Bertz CT molecular complexity index is 1090. The number of anilines is 1. The molecule has 0 aliphatic carbocycles. The molecule has 0 saturated carbocycles. The van der Waals surface area contributed by atoms with Crippen molar-refractivity contribution in [1.29, 1.82) is 0 Å². The van der Waals surface area contributed by atoms with E-state index in [0.29, 0.717) is 18.2 Å². The molecule has 0 aliphatic rings. The molecule has 0 heterocycles. The van der Waals surface area contributed by atoms with E-state index in [1.807, 2.05) is 67.6 Å². The number of aryl methyl sites for hydroxylation is 1. The highest BCUT2D eigenvalue weighted by molar-refractivity contribution is 7.80. The summed E-state index contributed by atoms with van der Waals surface area (Å²) < 4.78 is 21.8. The summed E-state index contributed by atoms with van der Waals surface area (Å²) in [5.41, 5.74) is 4.03. The van der Waals surface area contributed by atoms with Gasteiger partial charge in [-0.1, -0.05) is 18.2 Å². The molecule has 0 bridgehead atoms. The summed E-state index contributed by atoms with van der Waals surface area (Å²) >= 11 is 5.85. The van der Waals surface area contributed by atoms with Gasteiger partial charge in [-0.2, -0.15) is 0 Å². The number of methoxy groups -OCH3 is 4. The van der Waals surface area contributed by atoms with Gasteiger partial charge >= 0.3 is 0 Å². The van der Waals surface area contributed by atoms with Gasteiger partial charge in [0.25, 0.3) is 0 Å². The summed E-state index contributed by atoms with van der Waals surface area (Å²) in [6, 6.07) is 19.7. The number of benzene rings is 3. The van der Waals surface area contributed by atoms with Gasteiger partial charge in [-0.25, -0.2) is 0 Å². The molecule has 6 nitrogen and oxygen atoms in total. The van der Waals surface area contributed by atoms with Crippen LogP contribution in [0, 0.1) is 6.92 Å². The maximum absolute atomic E-state index is 5.85. The number of nitrogens with one attached hydrogen (secondary N) is 1. The van der Waals surface area contributed by atoms with Gasteiger partial charge in [-0.15, -0.1) is 0 Å². The molecule has 0 fully saturated rings. The van der Waals surface area contributed by atoms with E-state index in [0.717, 1.165) is 45.4 Å². The minimum atomic E-state index is 0.541. The van der Waals surface area contributed by atoms with Gasteiger partial charge in [0, 0.05) is 24.7 Å². The standard InChI is InChI=1S/C26H30N2O4S/c1-18-6-13-24(31-4)23(14-18)27-26(33)28(16-19-7-10-21(29-2)11-8-19)17-20-9-12-22(30-3)15-25(20)32-5/h6-15H,16-17H2,1-5H3,(H,27,33). The van der Waals surface area contributed by atoms with Crippen LogP contribution in [0.3, 0.4) is 0 Å². The van der Waals surface area contributed by atoms with Gasteiger partial charge in [-0.3, -0.25) is 0 Å². The third-order valence-corrected chi connectivity index (χ3v) is 5.63. The lowest BCUT2D eigenvalue weighted by molar-refractivity contribution is 0.370. The second-order valence-electron chi connectivity index (χ2n) is 7.52. The molecule has 33 heavy (non-hydrogen) atoms. The zero-order valence-corrected chi connectivity index (χ0v) is 20.5. The average molecular weight is 467 g/mol. The highest BCUT2D eigenvalue weighted by Gasteiger charge is 2.16. The van der Waals surface area contributed by atoms with Crippen LogP contribution < -0.4 is 24.3 Å². The Labute approximate surface area is 201 Å². The molecule has 3 aromatic rings. The van der Waals surface area contributed by atoms with E-state index in [2.05, 4.69) is 10.2 Å². The summed E-state index contributed by atoms with van der Waals surface area (Å²) in [6.07, 6.45) is 0. The molecule has 0 unspecified atom stereocenters. The maximum Gasteiger partial charge on any atom is 0.174 e. The largest absolute Gasteiger partial charge is 0.497 e. The quantitative estimate of drug-likeness (QED) is 0.422. The van der Waals surface area contributed by atoms with Crippen molar-refractivity contribution >= 4 is 23.0 Å². The SMILES string of the molecule is COc1ccc(CN(Cc2ccc(OC)cc2OC)C(=S)Nc2cc(C)ccc2OC)cc1. The lowest BCUT2D eigenvalue weighted by Gasteiger charge is -2.27. The van der Waals surface area contributed by atoms with Crippen molar-refractivity contribution in [3.63, 3.8) is 0 Å². The van der Waals surface area contributed by atoms with Gasteiger partial charge in [0.15, 0.2) is 5.11 Å². The number of rotatable bonds is 9. The maximum atomic E-state index is 5.85. The lowest BCUT2D eigenvalue weighted by atomic mass is 10.1. The van der Waals surface area contributed by atoms with Crippen LogP contribution in [0.2, 0.25) is 0 Å². The Morgan fingerprint density at radius 1 is 0.758 bits per heavy atom. The highest BCUT2D eigenvalue weighted by Crippen LogP contribution is 2.29. The second-order valence-corrected chi connectivity index (χ2v) is 7.90. The van der Waals surface area contributed by atoms with Crippen molar-refractivity contribution in [3.8, 4) is 23.0 Å². The van der Waals surface area contributed by atoms with E-state index in [1.54, 1.807) is 28.4 Å². The van der Waals surface area contributed by atoms with Crippen LogP contribution in [-0.2, 0) is 13.1 Å². The molecule has 0 atom stereocenters. The van der Waals surface area contributed by atoms with Crippen molar-refractivity contribution in [2.75, 3.05) is 33.8 Å². The molecule has 7 heteroatoms. The monoisotopic (exact) mass is 466 g/mol. The molecule has 0 radical (unpaired) electrons. The first-order chi connectivity index (χ1) is 16.0. The minimum absolute atomic E-state index is 0.541. The van der Waals surface area contributed by atoms with Gasteiger partial charge in [0.1, 0.15) is 23.0 Å². The molecule has 174 valence electrons. The first-order valence-electron chi connectivity index (χ1n) is 10.5. The fraction of sp³-hybridized carbons (Fsp3) is 0.269. The van der Waals surface area contributed by atoms with Crippen LogP contribution in [0.1, 0.15) is 16.7 Å². The van der Waals surface area contributed by atoms with E-state index in [1.165, 1.54) is 0 Å². The van der Waals surface area contributed by atoms with E-state index >= 15 is 0 Å². The summed E-state index contributed by atoms with van der Waals surface area (Å²) in [6.45, 7) is 3.17. The molecule has 0 amide bonds. The molecule has 0 saturated heterocycles. The van der Waals surface area contributed by atoms with Gasteiger partial charge in [0.05, 0.1) is 34.1 Å². The molecule has 3 aromatic carbocycles. The van der Waals surface area contributed by atoms with Gasteiger partial charge in [-0.05, 0) is 66.7 Å². The van der Waals surface area contributed by atoms with Crippen LogP contribution >= 0.6 is 12.2 Å². The fourth-order valence-electron chi connectivity index (χ4n) is 3.45. The second kappa shape index (κ2) is 11.4. The molecular formula is C26H30N2O4S. The number of hydrogen-bond acceptors (Lipinski definition) is 5. The zero-order chi connectivity index (χ0) is 23.8. The van der Waals surface area contributed by atoms with E-state index in [9.17, 15) is 0 Å². The first-order valence-corrected chi connectivity index (χ1v) is 10.9. The van der Waals surface area contributed by atoms with E-state index in [-0.39, 0.29) is 0 Å². The summed E-state index contributed by atoms with van der Waals surface area (Å²) in [5.74, 6) is 3.02. The Morgan fingerprint density at radius 2 is 1.42 bits per heavy atom. The van der Waals surface area contributed by atoms with Crippen molar-refractivity contribution < 1.29 is 18.9 Å². The van der Waals surface area contributed by atoms with Crippen LogP contribution in [0.25, 0.3) is 0 Å². The predicted octanol–water partition coefficient (Wildman–Crippen LogP) is 5.43. The Kier molecular flexibility index (Phi) is 8.38. The highest BCUT2D eigenvalue weighted by atomic mass is 32.1. The lowest BCUT2D eigenvalue weighted by Crippen LogP contribution is -2.34.